The van der Waals surface area contributed by atoms with Crippen LogP contribution in [0.2, 0.25) is 0 Å². The zero-order valence-corrected chi connectivity index (χ0v) is 12.1. The Morgan fingerprint density at radius 2 is 2.26 bits per heavy atom. The highest BCUT2D eigenvalue weighted by molar-refractivity contribution is 5.77. The summed E-state index contributed by atoms with van der Waals surface area (Å²) in [5, 5.41) is 3.23. The van der Waals surface area contributed by atoms with Crippen LogP contribution in [0.3, 0.4) is 0 Å². The minimum atomic E-state index is -0.0830. The standard InChI is InChI=1S/C14H22N4O/c1-14(2,15-3)10-18-9-12(17(4)13(18)19)11-6-5-7-16-8-11/h5-8,12,15H,9-10H2,1-4H3. The van der Waals surface area contributed by atoms with Crippen molar-refractivity contribution in [2.45, 2.75) is 25.4 Å². The lowest BCUT2D eigenvalue weighted by atomic mass is 10.1. The van der Waals surface area contributed by atoms with Gasteiger partial charge in [0.2, 0.25) is 0 Å². The first-order valence-corrected chi connectivity index (χ1v) is 6.55. The second-order valence-electron chi connectivity index (χ2n) is 5.71. The van der Waals surface area contributed by atoms with Gasteiger partial charge in [0, 0.05) is 38.1 Å². The largest absolute Gasteiger partial charge is 0.320 e. The van der Waals surface area contributed by atoms with Crippen molar-refractivity contribution in [1.82, 2.24) is 20.1 Å². The molecule has 1 aliphatic heterocycles. The molecule has 2 rings (SSSR count). The lowest BCUT2D eigenvalue weighted by Gasteiger charge is -2.29. The van der Waals surface area contributed by atoms with Crippen LogP contribution in [0, 0.1) is 0 Å². The fraction of sp³-hybridized carbons (Fsp3) is 0.571. The van der Waals surface area contributed by atoms with Crippen LogP contribution in [0.25, 0.3) is 0 Å². The van der Waals surface area contributed by atoms with Crippen molar-refractivity contribution in [2.24, 2.45) is 0 Å². The molecule has 0 radical (unpaired) electrons. The van der Waals surface area contributed by atoms with E-state index in [0.717, 1.165) is 5.56 Å². The first-order chi connectivity index (χ1) is 8.94. The lowest BCUT2D eigenvalue weighted by Crippen LogP contribution is -2.48. The highest BCUT2D eigenvalue weighted by Crippen LogP contribution is 2.28. The SMILES string of the molecule is CNC(C)(C)CN1CC(c2cccnc2)N(C)C1=O. The number of hydrogen-bond donors (Lipinski definition) is 1. The van der Waals surface area contributed by atoms with Crippen molar-refractivity contribution in [2.75, 3.05) is 27.2 Å². The van der Waals surface area contributed by atoms with E-state index in [0.29, 0.717) is 13.1 Å². The van der Waals surface area contributed by atoms with Gasteiger partial charge in [-0.2, -0.15) is 0 Å². The molecule has 2 heterocycles. The Labute approximate surface area is 114 Å². The first kappa shape index (κ1) is 13.8. The van der Waals surface area contributed by atoms with Gasteiger partial charge in [-0.25, -0.2) is 4.79 Å². The van der Waals surface area contributed by atoms with Gasteiger partial charge in [-0.05, 0) is 32.5 Å². The highest BCUT2D eigenvalue weighted by Gasteiger charge is 2.37. The molecule has 0 spiro atoms. The number of rotatable bonds is 4. The molecular weight excluding hydrogens is 240 g/mol. The monoisotopic (exact) mass is 262 g/mol. The molecule has 1 N–H and O–H groups in total. The van der Waals surface area contributed by atoms with Gasteiger partial charge >= 0.3 is 6.03 Å². The number of aromatic nitrogens is 1. The van der Waals surface area contributed by atoms with E-state index >= 15 is 0 Å². The molecule has 1 aromatic rings. The first-order valence-electron chi connectivity index (χ1n) is 6.55. The third-order valence-electron chi connectivity index (χ3n) is 3.77. The maximum absolute atomic E-state index is 12.3. The van der Waals surface area contributed by atoms with Crippen molar-refractivity contribution in [3.8, 4) is 0 Å². The van der Waals surface area contributed by atoms with Crippen LogP contribution >= 0.6 is 0 Å². The predicted molar refractivity (Wildman–Crippen MR) is 74.8 cm³/mol. The number of carbonyl (C=O) groups excluding carboxylic acids is 1. The third kappa shape index (κ3) is 2.87. The summed E-state index contributed by atoms with van der Waals surface area (Å²) in [4.78, 5) is 20.1. The third-order valence-corrected chi connectivity index (χ3v) is 3.77. The highest BCUT2D eigenvalue weighted by atomic mass is 16.2. The Bertz CT molecular complexity index is 446. The van der Waals surface area contributed by atoms with Gasteiger partial charge in [0.1, 0.15) is 0 Å². The summed E-state index contributed by atoms with van der Waals surface area (Å²) in [6.45, 7) is 5.60. The number of carbonyl (C=O) groups is 1. The minimum Gasteiger partial charge on any atom is -0.320 e. The number of nitrogens with one attached hydrogen (secondary N) is 1. The van der Waals surface area contributed by atoms with E-state index in [2.05, 4.69) is 24.1 Å². The van der Waals surface area contributed by atoms with E-state index in [9.17, 15) is 4.79 Å². The predicted octanol–water partition coefficient (Wildman–Crippen LogP) is 1.49. The zero-order valence-electron chi connectivity index (χ0n) is 12.1. The van der Waals surface area contributed by atoms with Crippen LogP contribution in [0.5, 0.6) is 0 Å². The molecule has 104 valence electrons. The summed E-state index contributed by atoms with van der Waals surface area (Å²) < 4.78 is 0. The molecular formula is C14H22N4O. The van der Waals surface area contributed by atoms with Crippen LogP contribution in [-0.2, 0) is 0 Å². The van der Waals surface area contributed by atoms with Crippen LogP contribution in [0.15, 0.2) is 24.5 Å². The molecule has 1 atom stereocenters. The summed E-state index contributed by atoms with van der Waals surface area (Å²) in [6, 6.07) is 4.10. The zero-order chi connectivity index (χ0) is 14.0. The Morgan fingerprint density at radius 1 is 1.53 bits per heavy atom. The van der Waals surface area contributed by atoms with Gasteiger partial charge in [-0.3, -0.25) is 4.98 Å². The molecule has 1 aromatic heterocycles. The number of nitrogens with zero attached hydrogens (tertiary/aromatic N) is 3. The number of urea groups is 1. The number of hydrogen-bond acceptors (Lipinski definition) is 3. The van der Waals surface area contributed by atoms with Gasteiger partial charge in [0.05, 0.1) is 6.04 Å². The van der Waals surface area contributed by atoms with Gasteiger partial charge in [0.25, 0.3) is 0 Å². The number of likely N-dealkylation sites (N-methyl/N-ethyl adjacent to an activating group) is 2. The van der Waals surface area contributed by atoms with Gasteiger partial charge in [-0.15, -0.1) is 0 Å². The molecule has 19 heavy (non-hydrogen) atoms. The van der Waals surface area contributed by atoms with Crippen molar-refractivity contribution in [1.29, 1.82) is 0 Å². The van der Waals surface area contributed by atoms with Crippen molar-refractivity contribution in [3.05, 3.63) is 30.1 Å². The fourth-order valence-electron chi connectivity index (χ4n) is 2.36. The van der Waals surface area contributed by atoms with Crippen LogP contribution in [0.1, 0.15) is 25.5 Å². The quantitative estimate of drug-likeness (QED) is 0.894. The topological polar surface area (TPSA) is 48.5 Å². The van der Waals surface area contributed by atoms with Crippen molar-refractivity contribution < 1.29 is 4.79 Å². The molecule has 1 aliphatic rings. The van der Waals surface area contributed by atoms with E-state index in [1.807, 2.05) is 37.3 Å². The fourth-order valence-corrected chi connectivity index (χ4v) is 2.36. The molecule has 1 fully saturated rings. The molecule has 5 heteroatoms. The smallest absolute Gasteiger partial charge is 0.320 e. The Kier molecular flexibility index (Phi) is 3.75. The lowest BCUT2D eigenvalue weighted by molar-refractivity contribution is 0.184. The Balaban J connectivity index is 2.13. The molecule has 0 bridgehead atoms. The maximum atomic E-state index is 12.3. The molecule has 0 saturated carbocycles. The second-order valence-corrected chi connectivity index (χ2v) is 5.71. The van der Waals surface area contributed by atoms with E-state index in [4.69, 9.17) is 0 Å². The average Bonchev–Trinajstić information content (AvgIpc) is 2.68. The van der Waals surface area contributed by atoms with E-state index in [1.54, 1.807) is 11.1 Å². The Morgan fingerprint density at radius 3 is 2.84 bits per heavy atom. The van der Waals surface area contributed by atoms with Crippen LogP contribution in [-0.4, -0.2) is 53.5 Å². The van der Waals surface area contributed by atoms with Crippen molar-refractivity contribution >= 4 is 6.03 Å². The summed E-state index contributed by atoms with van der Waals surface area (Å²) in [7, 11) is 3.77. The van der Waals surface area contributed by atoms with Crippen LogP contribution < -0.4 is 5.32 Å². The summed E-state index contributed by atoms with van der Waals surface area (Å²) in [6.07, 6.45) is 3.59. The van der Waals surface area contributed by atoms with E-state index < -0.39 is 0 Å². The number of amides is 2. The molecule has 2 amide bonds. The van der Waals surface area contributed by atoms with Gasteiger partial charge < -0.3 is 15.1 Å². The summed E-state index contributed by atoms with van der Waals surface area (Å²) >= 11 is 0. The molecule has 0 aromatic carbocycles. The maximum Gasteiger partial charge on any atom is 0.320 e. The Hall–Kier alpha value is -1.62. The minimum absolute atomic E-state index is 0.0807. The average molecular weight is 262 g/mol. The van der Waals surface area contributed by atoms with Crippen LogP contribution in [0.4, 0.5) is 4.79 Å². The summed E-state index contributed by atoms with van der Waals surface area (Å²) in [5.74, 6) is 0. The second kappa shape index (κ2) is 5.17. The molecule has 1 unspecified atom stereocenters. The number of pyridine rings is 1. The van der Waals surface area contributed by atoms with Gasteiger partial charge in [-0.1, -0.05) is 6.07 Å². The molecule has 1 saturated heterocycles. The summed E-state index contributed by atoms with van der Waals surface area (Å²) in [5.41, 5.74) is 1.00. The van der Waals surface area contributed by atoms with E-state index in [1.165, 1.54) is 0 Å². The molecule has 5 nitrogen and oxygen atoms in total. The molecule has 0 aliphatic carbocycles. The van der Waals surface area contributed by atoms with E-state index in [-0.39, 0.29) is 17.6 Å². The van der Waals surface area contributed by atoms with Crippen molar-refractivity contribution in [3.63, 3.8) is 0 Å². The normalized spacial score (nSPS) is 20.2. The van der Waals surface area contributed by atoms with Gasteiger partial charge in [0.15, 0.2) is 0 Å².